The number of ether oxygens (including phenoxy) is 1. The molecule has 1 heterocycles. The third-order valence-electron chi connectivity index (χ3n) is 3.10. The van der Waals surface area contributed by atoms with E-state index in [-0.39, 0.29) is 6.04 Å². The molecule has 1 aromatic heterocycles. The quantitative estimate of drug-likeness (QED) is 0.862. The molecule has 19 heavy (non-hydrogen) atoms. The fourth-order valence-corrected chi connectivity index (χ4v) is 2.15. The van der Waals surface area contributed by atoms with Crippen LogP contribution in [0, 0.1) is 0 Å². The summed E-state index contributed by atoms with van der Waals surface area (Å²) in [7, 11) is 1.67. The number of aromatic nitrogens is 3. The molecule has 0 aliphatic heterocycles. The molecule has 2 N–H and O–H groups in total. The highest BCUT2D eigenvalue weighted by atomic mass is 16.5. The second kappa shape index (κ2) is 6.33. The van der Waals surface area contributed by atoms with Gasteiger partial charge in [-0.15, -0.1) is 5.10 Å². The number of para-hydroxylation sites is 1. The summed E-state index contributed by atoms with van der Waals surface area (Å²) in [6.07, 6.45) is 3.47. The Balaban J connectivity index is 2.16. The van der Waals surface area contributed by atoms with E-state index in [9.17, 15) is 0 Å². The number of nitrogens with zero attached hydrogens (tertiary/aromatic N) is 3. The van der Waals surface area contributed by atoms with E-state index in [0.29, 0.717) is 6.42 Å². The average molecular weight is 260 g/mol. The van der Waals surface area contributed by atoms with Crippen molar-refractivity contribution in [1.29, 1.82) is 0 Å². The molecule has 2 rings (SSSR count). The molecule has 1 atom stereocenters. The van der Waals surface area contributed by atoms with Crippen molar-refractivity contribution in [2.45, 2.75) is 32.4 Å². The molecule has 0 radical (unpaired) electrons. The third kappa shape index (κ3) is 3.12. The summed E-state index contributed by atoms with van der Waals surface area (Å²) in [4.78, 5) is 0. The number of hydrogen-bond donors (Lipinski definition) is 1. The fraction of sp³-hybridized carbons (Fsp3) is 0.429. The van der Waals surface area contributed by atoms with Crippen LogP contribution in [0.15, 0.2) is 30.5 Å². The fourth-order valence-electron chi connectivity index (χ4n) is 2.15. The van der Waals surface area contributed by atoms with Crippen LogP contribution in [-0.2, 0) is 13.0 Å². The van der Waals surface area contributed by atoms with E-state index in [1.807, 2.05) is 28.9 Å². The van der Waals surface area contributed by atoms with Crippen molar-refractivity contribution in [3.8, 4) is 5.75 Å². The van der Waals surface area contributed by atoms with Gasteiger partial charge in [0.25, 0.3) is 0 Å². The molecule has 1 unspecified atom stereocenters. The summed E-state index contributed by atoms with van der Waals surface area (Å²) < 4.78 is 7.22. The van der Waals surface area contributed by atoms with Crippen molar-refractivity contribution in [2.75, 3.05) is 7.11 Å². The van der Waals surface area contributed by atoms with Crippen LogP contribution in [0.25, 0.3) is 0 Å². The Kier molecular flexibility index (Phi) is 4.52. The van der Waals surface area contributed by atoms with E-state index < -0.39 is 0 Å². The Morgan fingerprint density at radius 2 is 2.16 bits per heavy atom. The Morgan fingerprint density at radius 3 is 2.89 bits per heavy atom. The van der Waals surface area contributed by atoms with Crippen LogP contribution >= 0.6 is 0 Å². The van der Waals surface area contributed by atoms with Gasteiger partial charge in [0, 0.05) is 6.54 Å². The molecule has 0 bridgehead atoms. The molecule has 0 saturated heterocycles. The largest absolute Gasteiger partial charge is 0.496 e. The van der Waals surface area contributed by atoms with E-state index in [0.717, 1.165) is 30.0 Å². The minimum atomic E-state index is -0.127. The Hall–Kier alpha value is -1.88. The van der Waals surface area contributed by atoms with Crippen molar-refractivity contribution < 1.29 is 4.74 Å². The number of methoxy groups -OCH3 is 1. The van der Waals surface area contributed by atoms with Crippen molar-refractivity contribution in [1.82, 2.24) is 15.0 Å². The summed E-state index contributed by atoms with van der Waals surface area (Å²) in [6.45, 7) is 2.95. The van der Waals surface area contributed by atoms with Crippen LogP contribution in [0.1, 0.15) is 30.6 Å². The van der Waals surface area contributed by atoms with Crippen LogP contribution in [0.2, 0.25) is 0 Å². The van der Waals surface area contributed by atoms with Crippen molar-refractivity contribution in [3.63, 3.8) is 0 Å². The molecule has 5 nitrogen and oxygen atoms in total. The lowest BCUT2D eigenvalue weighted by Gasteiger charge is -2.15. The molecule has 102 valence electrons. The van der Waals surface area contributed by atoms with Gasteiger partial charge in [0.2, 0.25) is 0 Å². The van der Waals surface area contributed by atoms with E-state index in [4.69, 9.17) is 10.5 Å². The van der Waals surface area contributed by atoms with Gasteiger partial charge in [0.15, 0.2) is 0 Å². The first-order valence-corrected chi connectivity index (χ1v) is 6.52. The molecule has 0 spiro atoms. The maximum Gasteiger partial charge on any atom is 0.122 e. The summed E-state index contributed by atoms with van der Waals surface area (Å²) in [5.74, 6) is 0.868. The molecular formula is C14H20N4O. The summed E-state index contributed by atoms with van der Waals surface area (Å²) in [5.41, 5.74) is 8.33. The van der Waals surface area contributed by atoms with Gasteiger partial charge in [0.1, 0.15) is 5.75 Å². The topological polar surface area (TPSA) is 66.0 Å². The first-order valence-electron chi connectivity index (χ1n) is 6.52. The zero-order chi connectivity index (χ0) is 13.7. The summed E-state index contributed by atoms with van der Waals surface area (Å²) in [5, 5.41) is 8.01. The van der Waals surface area contributed by atoms with Crippen LogP contribution in [0.5, 0.6) is 5.75 Å². The number of benzene rings is 1. The Bertz CT molecular complexity index is 524. The van der Waals surface area contributed by atoms with Gasteiger partial charge in [-0.25, -0.2) is 4.68 Å². The van der Waals surface area contributed by atoms with Gasteiger partial charge in [0.05, 0.1) is 25.0 Å². The molecule has 1 aromatic carbocycles. The maximum atomic E-state index is 6.27. The minimum Gasteiger partial charge on any atom is -0.496 e. The first-order chi connectivity index (χ1) is 9.26. The highest BCUT2D eigenvalue weighted by Crippen LogP contribution is 2.23. The second-order valence-electron chi connectivity index (χ2n) is 4.50. The van der Waals surface area contributed by atoms with Gasteiger partial charge < -0.3 is 10.5 Å². The lowest BCUT2D eigenvalue weighted by atomic mass is 10.0. The lowest BCUT2D eigenvalue weighted by molar-refractivity contribution is 0.407. The highest BCUT2D eigenvalue weighted by molar-refractivity contribution is 5.34. The number of hydrogen-bond acceptors (Lipinski definition) is 4. The molecule has 2 aromatic rings. The van der Waals surface area contributed by atoms with Crippen molar-refractivity contribution in [2.24, 2.45) is 5.73 Å². The van der Waals surface area contributed by atoms with Crippen molar-refractivity contribution >= 4 is 0 Å². The normalized spacial score (nSPS) is 12.4. The predicted octanol–water partition coefficient (Wildman–Crippen LogP) is 1.94. The first kappa shape index (κ1) is 13.5. The van der Waals surface area contributed by atoms with Crippen LogP contribution in [-0.4, -0.2) is 22.1 Å². The molecule has 0 amide bonds. The highest BCUT2D eigenvalue weighted by Gasteiger charge is 2.15. The smallest absolute Gasteiger partial charge is 0.122 e. The number of rotatable bonds is 6. The van der Waals surface area contributed by atoms with Gasteiger partial charge in [-0.3, -0.25) is 0 Å². The van der Waals surface area contributed by atoms with Gasteiger partial charge in [-0.1, -0.05) is 30.3 Å². The van der Waals surface area contributed by atoms with E-state index in [1.165, 1.54) is 0 Å². The van der Waals surface area contributed by atoms with E-state index >= 15 is 0 Å². The van der Waals surface area contributed by atoms with E-state index in [1.54, 1.807) is 13.3 Å². The van der Waals surface area contributed by atoms with Crippen molar-refractivity contribution in [3.05, 3.63) is 41.7 Å². The molecule has 0 aliphatic carbocycles. The second-order valence-corrected chi connectivity index (χ2v) is 4.50. The number of aryl methyl sites for hydroxylation is 1. The van der Waals surface area contributed by atoms with Crippen LogP contribution < -0.4 is 10.5 Å². The van der Waals surface area contributed by atoms with Gasteiger partial charge in [-0.05, 0) is 24.5 Å². The van der Waals surface area contributed by atoms with E-state index in [2.05, 4.69) is 17.2 Å². The summed E-state index contributed by atoms with van der Waals surface area (Å²) in [6, 6.07) is 7.80. The molecule has 0 fully saturated rings. The van der Waals surface area contributed by atoms with Gasteiger partial charge in [-0.2, -0.15) is 0 Å². The Morgan fingerprint density at radius 1 is 1.37 bits per heavy atom. The van der Waals surface area contributed by atoms with Crippen LogP contribution in [0.4, 0.5) is 0 Å². The molecular weight excluding hydrogens is 240 g/mol. The predicted molar refractivity (Wildman–Crippen MR) is 73.9 cm³/mol. The molecule has 0 aliphatic rings. The zero-order valence-electron chi connectivity index (χ0n) is 11.4. The maximum absolute atomic E-state index is 6.27. The standard InChI is InChI=1S/C14H20N4O/c1-3-8-18-13(10-16-17-18)12(15)9-11-6-4-5-7-14(11)19-2/h4-7,10,12H,3,8-9,15H2,1-2H3. The van der Waals surface area contributed by atoms with Crippen LogP contribution in [0.3, 0.4) is 0 Å². The average Bonchev–Trinajstić information content (AvgIpc) is 2.88. The minimum absolute atomic E-state index is 0.127. The number of nitrogens with two attached hydrogens (primary N) is 1. The summed E-state index contributed by atoms with van der Waals surface area (Å²) >= 11 is 0. The monoisotopic (exact) mass is 260 g/mol. The lowest BCUT2D eigenvalue weighted by Crippen LogP contribution is -2.19. The zero-order valence-corrected chi connectivity index (χ0v) is 11.4. The molecule has 0 saturated carbocycles. The Labute approximate surface area is 113 Å². The molecule has 5 heteroatoms. The SMILES string of the molecule is CCCn1nncc1C(N)Cc1ccccc1OC. The third-order valence-corrected chi connectivity index (χ3v) is 3.10. The van der Waals surface area contributed by atoms with Gasteiger partial charge >= 0.3 is 0 Å².